The van der Waals surface area contributed by atoms with Gasteiger partial charge in [-0.15, -0.1) is 0 Å². The minimum absolute atomic E-state index is 0.281. The van der Waals surface area contributed by atoms with Crippen LogP contribution in [0.3, 0.4) is 0 Å². The molecule has 0 unspecified atom stereocenters. The largest absolute Gasteiger partial charge is 0.394 e. The second-order valence-corrected chi connectivity index (χ2v) is 8.37. The molecular formula is C14H19BrFNO3S. The monoisotopic (exact) mass is 379 g/mol. The Bertz CT molecular complexity index is 613. The van der Waals surface area contributed by atoms with Crippen LogP contribution in [0.1, 0.15) is 32.6 Å². The molecule has 2 N–H and O–H groups in total. The lowest BCUT2D eigenvalue weighted by molar-refractivity contribution is 0.125. The molecule has 0 bridgehead atoms. The number of aliphatic hydroxyl groups excluding tert-OH is 1. The van der Waals surface area contributed by atoms with E-state index in [0.29, 0.717) is 23.2 Å². The highest BCUT2D eigenvalue weighted by molar-refractivity contribution is 9.10. The Kier molecular flexibility index (Phi) is 5.07. The van der Waals surface area contributed by atoms with Gasteiger partial charge in [0.2, 0.25) is 10.0 Å². The van der Waals surface area contributed by atoms with Crippen LogP contribution in [0.5, 0.6) is 0 Å². The van der Waals surface area contributed by atoms with Crippen LogP contribution in [0.15, 0.2) is 27.6 Å². The third-order valence-electron chi connectivity index (χ3n) is 4.07. The SMILES string of the molecule is CC1CCC(CO)(NS(=O)(=O)c2ccc(Br)cc2F)CC1. The number of rotatable bonds is 4. The van der Waals surface area contributed by atoms with Gasteiger partial charge >= 0.3 is 0 Å². The summed E-state index contributed by atoms with van der Waals surface area (Å²) < 4.78 is 41.7. The standard InChI is InChI=1S/C14H19BrFNO3S/c1-10-4-6-14(9-18,7-5-10)17-21(19,20)13-3-2-11(15)8-12(13)16/h2-3,8,10,17-18H,4-7,9H2,1H3. The second-order valence-electron chi connectivity index (χ2n) is 5.80. The molecule has 118 valence electrons. The van der Waals surface area contributed by atoms with E-state index in [-0.39, 0.29) is 6.61 Å². The first kappa shape index (κ1) is 16.9. The molecule has 1 aromatic rings. The number of hydrogen-bond acceptors (Lipinski definition) is 3. The predicted octanol–water partition coefficient (Wildman–Crippen LogP) is 2.81. The molecule has 21 heavy (non-hydrogen) atoms. The highest BCUT2D eigenvalue weighted by Gasteiger charge is 2.38. The highest BCUT2D eigenvalue weighted by Crippen LogP contribution is 2.33. The van der Waals surface area contributed by atoms with Crippen molar-refractivity contribution in [3.05, 3.63) is 28.5 Å². The van der Waals surface area contributed by atoms with Crippen molar-refractivity contribution in [3.8, 4) is 0 Å². The molecule has 1 aliphatic rings. The Labute approximate surface area is 132 Å². The van der Waals surface area contributed by atoms with Crippen LogP contribution in [0.2, 0.25) is 0 Å². The van der Waals surface area contributed by atoms with Gasteiger partial charge in [-0.1, -0.05) is 22.9 Å². The predicted molar refractivity (Wildman–Crippen MR) is 81.9 cm³/mol. The fourth-order valence-electron chi connectivity index (χ4n) is 2.64. The van der Waals surface area contributed by atoms with Crippen molar-refractivity contribution >= 4 is 26.0 Å². The van der Waals surface area contributed by atoms with E-state index in [4.69, 9.17) is 0 Å². The van der Waals surface area contributed by atoms with E-state index in [1.807, 2.05) is 0 Å². The third-order valence-corrected chi connectivity index (χ3v) is 6.17. The van der Waals surface area contributed by atoms with Gasteiger partial charge in [-0.05, 0) is 49.8 Å². The average Bonchev–Trinajstić information content (AvgIpc) is 2.41. The maximum absolute atomic E-state index is 13.9. The van der Waals surface area contributed by atoms with Crippen LogP contribution >= 0.6 is 15.9 Å². The van der Waals surface area contributed by atoms with Gasteiger partial charge in [0.15, 0.2) is 0 Å². The van der Waals surface area contributed by atoms with Gasteiger partial charge in [0.25, 0.3) is 0 Å². The van der Waals surface area contributed by atoms with Gasteiger partial charge in [0.05, 0.1) is 12.1 Å². The fraction of sp³-hybridized carbons (Fsp3) is 0.571. The summed E-state index contributed by atoms with van der Waals surface area (Å²) in [6.07, 6.45) is 2.79. The summed E-state index contributed by atoms with van der Waals surface area (Å²) in [5.41, 5.74) is -0.884. The minimum Gasteiger partial charge on any atom is -0.394 e. The lowest BCUT2D eigenvalue weighted by Gasteiger charge is -2.38. The molecule has 1 saturated carbocycles. The zero-order valence-corrected chi connectivity index (χ0v) is 14.2. The summed E-state index contributed by atoms with van der Waals surface area (Å²) in [7, 11) is -4.00. The highest BCUT2D eigenvalue weighted by atomic mass is 79.9. The Morgan fingerprint density at radius 3 is 2.57 bits per heavy atom. The van der Waals surface area contributed by atoms with Crippen molar-refractivity contribution in [2.75, 3.05) is 6.61 Å². The first-order valence-electron chi connectivity index (χ1n) is 6.88. The van der Waals surface area contributed by atoms with Crippen LogP contribution in [0.25, 0.3) is 0 Å². The van der Waals surface area contributed by atoms with Crippen molar-refractivity contribution in [2.45, 2.75) is 43.0 Å². The molecule has 0 spiro atoms. The topological polar surface area (TPSA) is 66.4 Å². The van der Waals surface area contributed by atoms with Crippen LogP contribution in [-0.4, -0.2) is 25.7 Å². The first-order valence-corrected chi connectivity index (χ1v) is 9.15. The maximum atomic E-state index is 13.9. The number of nitrogens with one attached hydrogen (secondary N) is 1. The van der Waals surface area contributed by atoms with E-state index in [0.717, 1.165) is 18.9 Å². The average molecular weight is 380 g/mol. The van der Waals surface area contributed by atoms with Gasteiger partial charge in [-0.2, -0.15) is 0 Å². The third kappa shape index (κ3) is 3.83. The normalized spacial score (nSPS) is 26.8. The number of aliphatic hydroxyl groups is 1. The van der Waals surface area contributed by atoms with Crippen molar-refractivity contribution in [2.24, 2.45) is 5.92 Å². The molecule has 0 aliphatic heterocycles. The molecule has 0 radical (unpaired) electrons. The molecule has 1 fully saturated rings. The van der Waals surface area contributed by atoms with Crippen LogP contribution in [0, 0.1) is 11.7 Å². The van der Waals surface area contributed by atoms with Gasteiger partial charge in [-0.25, -0.2) is 17.5 Å². The van der Waals surface area contributed by atoms with Crippen molar-refractivity contribution in [3.63, 3.8) is 0 Å². The fourth-order valence-corrected chi connectivity index (χ4v) is 4.49. The number of benzene rings is 1. The van der Waals surface area contributed by atoms with Crippen LogP contribution < -0.4 is 4.72 Å². The quantitative estimate of drug-likeness (QED) is 0.844. The van der Waals surface area contributed by atoms with E-state index in [2.05, 4.69) is 27.6 Å². The number of sulfonamides is 1. The Morgan fingerprint density at radius 1 is 1.43 bits per heavy atom. The number of halogens is 2. The zero-order valence-electron chi connectivity index (χ0n) is 11.8. The molecule has 1 aromatic carbocycles. The Hall–Kier alpha value is -0.500. The first-order chi connectivity index (χ1) is 9.78. The summed E-state index contributed by atoms with van der Waals surface area (Å²) >= 11 is 3.10. The van der Waals surface area contributed by atoms with E-state index in [1.54, 1.807) is 0 Å². The van der Waals surface area contributed by atoms with Crippen molar-refractivity contribution < 1.29 is 17.9 Å². The van der Waals surface area contributed by atoms with Crippen molar-refractivity contribution in [1.29, 1.82) is 0 Å². The van der Waals surface area contributed by atoms with Gasteiger partial charge in [0.1, 0.15) is 10.7 Å². The lowest BCUT2D eigenvalue weighted by Crippen LogP contribution is -2.53. The summed E-state index contributed by atoms with van der Waals surface area (Å²) in [6.45, 7) is 1.82. The van der Waals surface area contributed by atoms with Crippen LogP contribution in [0.4, 0.5) is 4.39 Å². The van der Waals surface area contributed by atoms with Crippen LogP contribution in [-0.2, 0) is 10.0 Å². The molecule has 0 amide bonds. The zero-order chi connectivity index (χ0) is 15.7. The maximum Gasteiger partial charge on any atom is 0.244 e. The lowest BCUT2D eigenvalue weighted by atomic mass is 9.78. The Morgan fingerprint density at radius 2 is 2.05 bits per heavy atom. The molecule has 0 aromatic heterocycles. The molecule has 2 rings (SSSR count). The molecule has 0 atom stereocenters. The van der Waals surface area contributed by atoms with Gasteiger partial charge in [-0.3, -0.25) is 0 Å². The minimum atomic E-state index is -4.00. The second kappa shape index (κ2) is 6.32. The molecule has 0 heterocycles. The van der Waals surface area contributed by atoms with Gasteiger partial charge in [0, 0.05) is 4.47 Å². The van der Waals surface area contributed by atoms with E-state index in [1.165, 1.54) is 12.1 Å². The molecule has 7 heteroatoms. The summed E-state index contributed by atoms with van der Waals surface area (Å²) in [5, 5.41) is 9.62. The molecular weight excluding hydrogens is 361 g/mol. The van der Waals surface area contributed by atoms with Gasteiger partial charge < -0.3 is 5.11 Å². The van der Waals surface area contributed by atoms with E-state index < -0.39 is 26.3 Å². The number of hydrogen-bond donors (Lipinski definition) is 2. The molecule has 4 nitrogen and oxygen atoms in total. The smallest absolute Gasteiger partial charge is 0.244 e. The van der Waals surface area contributed by atoms with Crippen molar-refractivity contribution in [1.82, 2.24) is 4.72 Å². The summed E-state index contributed by atoms with van der Waals surface area (Å²) in [5.74, 6) is -0.298. The van der Waals surface area contributed by atoms with E-state index >= 15 is 0 Å². The summed E-state index contributed by atoms with van der Waals surface area (Å²) in [4.78, 5) is -0.392. The molecule has 0 saturated heterocycles. The summed E-state index contributed by atoms with van der Waals surface area (Å²) in [6, 6.07) is 3.81. The van der Waals surface area contributed by atoms with E-state index in [9.17, 15) is 17.9 Å². The molecule has 1 aliphatic carbocycles. The Balaban J connectivity index is 2.27.